The molecule has 0 unspecified atom stereocenters. The Morgan fingerprint density at radius 3 is 0.941 bits per heavy atom. The van der Waals surface area contributed by atoms with Crippen molar-refractivity contribution < 1.29 is 18.9 Å². The van der Waals surface area contributed by atoms with Gasteiger partial charge in [-0.25, -0.2) is 9.97 Å². The van der Waals surface area contributed by atoms with Gasteiger partial charge in [-0.15, -0.1) is 0 Å². The Labute approximate surface area is 419 Å². The average molecular weight is 975 g/mol. The molecule has 4 aromatic carbocycles. The van der Waals surface area contributed by atoms with Crippen LogP contribution in [0.4, 0.5) is 0 Å². The highest BCUT2D eigenvalue weighted by Gasteiger charge is 2.21. The van der Waals surface area contributed by atoms with Crippen LogP contribution in [0.2, 0.25) is 0 Å². The van der Waals surface area contributed by atoms with Gasteiger partial charge in [0.2, 0.25) is 0 Å². The summed E-state index contributed by atoms with van der Waals surface area (Å²) in [5, 5.41) is 0. The molecule has 8 bridgehead atoms. The van der Waals surface area contributed by atoms with Gasteiger partial charge in [-0.05, 0) is 168 Å². The lowest BCUT2D eigenvalue weighted by Crippen LogP contribution is -1.98. The van der Waals surface area contributed by atoms with Crippen molar-refractivity contribution in [3.8, 4) is 67.5 Å². The summed E-state index contributed by atoms with van der Waals surface area (Å²) in [5.74, 6) is 6.10. The van der Waals surface area contributed by atoms with Crippen LogP contribution in [-0.2, 0) is 0 Å². The van der Waals surface area contributed by atoms with E-state index in [0.29, 0.717) is 26.4 Å². The van der Waals surface area contributed by atoms with Gasteiger partial charge < -0.3 is 28.9 Å². The highest BCUT2D eigenvalue weighted by atomic mass is 32.1. The third-order valence-electron chi connectivity index (χ3n) is 11.5. The molecule has 346 valence electrons. The number of rotatable bonds is 20. The second kappa shape index (κ2) is 22.9. The lowest BCUT2D eigenvalue weighted by molar-refractivity contribution is 0.319. The number of hydrogen-bond donors (Lipinski definition) is 6. The first-order valence-electron chi connectivity index (χ1n) is 23.1. The molecule has 0 fully saturated rings. The first kappa shape index (κ1) is 47.2. The molecule has 0 aliphatic carbocycles. The average Bonchev–Trinajstić information content (AvgIpc) is 4.21. The molecule has 0 amide bonds. The maximum absolute atomic E-state index is 6.24. The number of fused-ring (bicyclic) bond motifs is 8. The van der Waals surface area contributed by atoms with E-state index in [1.807, 2.05) is 48.5 Å². The molecule has 7 aromatic rings. The molecule has 0 saturated heterocycles. The quantitative estimate of drug-likeness (QED) is 0.0337. The van der Waals surface area contributed by atoms with E-state index in [-0.39, 0.29) is 0 Å². The molecule has 8 nitrogen and oxygen atoms in total. The first-order valence-corrected chi connectivity index (χ1v) is 25.6. The zero-order valence-corrected chi connectivity index (χ0v) is 41.2. The standard InChI is InChI=1S/C56H54N4O4S4/c65-29-5-25-61-41-13-1-9-37(33-41)53-45-17-19-47(57-45)54(38-10-2-14-42(34-38)62-26-6-30-66)49-21-23-51(59-49)56(40-12-4-16-44(36-40)64-28-8-32-68)52-24-22-50(60-52)55(48-20-18-46(53)58-48)39-11-3-15-43(35-39)63-27-7-31-67/h1-4,9-24,33-36,57-58,65-68H,5-8,25-32H2. The summed E-state index contributed by atoms with van der Waals surface area (Å²) >= 11 is 17.6. The minimum atomic E-state index is 0.566. The minimum absolute atomic E-state index is 0.566. The Morgan fingerprint density at radius 2 is 0.618 bits per heavy atom. The lowest BCUT2D eigenvalue weighted by atomic mass is 10.0. The minimum Gasteiger partial charge on any atom is -0.494 e. The number of aromatic amines is 2. The number of thiol groups is 4. The zero-order chi connectivity index (χ0) is 46.7. The predicted molar refractivity (Wildman–Crippen MR) is 296 cm³/mol. The molecule has 12 heteroatoms. The Balaban J connectivity index is 1.37. The van der Waals surface area contributed by atoms with Crippen LogP contribution >= 0.6 is 50.5 Å². The van der Waals surface area contributed by atoms with Crippen LogP contribution in [0.25, 0.3) is 90.9 Å². The Bertz CT molecular complexity index is 2970. The van der Waals surface area contributed by atoms with E-state index in [2.05, 4.69) is 158 Å². The molecule has 68 heavy (non-hydrogen) atoms. The summed E-state index contributed by atoms with van der Waals surface area (Å²) in [6, 6.07) is 41.5. The summed E-state index contributed by atoms with van der Waals surface area (Å²) < 4.78 is 24.9. The van der Waals surface area contributed by atoms with Gasteiger partial charge in [0.1, 0.15) is 23.0 Å². The number of hydrogen-bond acceptors (Lipinski definition) is 10. The van der Waals surface area contributed by atoms with E-state index < -0.39 is 0 Å². The van der Waals surface area contributed by atoms with Crippen LogP contribution in [-0.4, -0.2) is 69.4 Å². The van der Waals surface area contributed by atoms with Crippen molar-refractivity contribution in [2.75, 3.05) is 49.4 Å². The van der Waals surface area contributed by atoms with Gasteiger partial charge in [-0.3, -0.25) is 0 Å². The fourth-order valence-electron chi connectivity index (χ4n) is 8.40. The molecule has 0 spiro atoms. The molecule has 2 aliphatic heterocycles. The third kappa shape index (κ3) is 11.0. The van der Waals surface area contributed by atoms with E-state index in [1.54, 1.807) is 0 Å². The van der Waals surface area contributed by atoms with Crippen LogP contribution in [0, 0.1) is 0 Å². The monoisotopic (exact) mass is 974 g/mol. The Kier molecular flexibility index (Phi) is 15.9. The van der Waals surface area contributed by atoms with Crippen LogP contribution in [0.5, 0.6) is 23.0 Å². The second-order valence-corrected chi connectivity index (χ2v) is 18.1. The van der Waals surface area contributed by atoms with Crippen LogP contribution in [0.1, 0.15) is 48.5 Å². The predicted octanol–water partition coefficient (Wildman–Crippen LogP) is 14.1. The van der Waals surface area contributed by atoms with E-state index in [9.17, 15) is 0 Å². The molecular formula is C56H54N4O4S4. The van der Waals surface area contributed by atoms with Crippen molar-refractivity contribution in [1.82, 2.24) is 19.9 Å². The highest BCUT2D eigenvalue weighted by Crippen LogP contribution is 2.40. The van der Waals surface area contributed by atoms with E-state index in [1.165, 1.54) is 0 Å². The number of nitrogens with zero attached hydrogens (tertiary/aromatic N) is 2. The summed E-state index contributed by atoms with van der Waals surface area (Å²) in [6.07, 6.45) is 11.7. The van der Waals surface area contributed by atoms with E-state index >= 15 is 0 Å². The summed E-state index contributed by atoms with van der Waals surface area (Å²) in [7, 11) is 0. The molecule has 2 aliphatic rings. The summed E-state index contributed by atoms with van der Waals surface area (Å²) in [6.45, 7) is 2.28. The van der Waals surface area contributed by atoms with Gasteiger partial charge >= 0.3 is 0 Å². The van der Waals surface area contributed by atoms with Crippen LogP contribution in [0.15, 0.2) is 121 Å². The summed E-state index contributed by atoms with van der Waals surface area (Å²) in [5.41, 5.74) is 14.3. The lowest BCUT2D eigenvalue weighted by Gasteiger charge is -2.10. The second-order valence-electron chi connectivity index (χ2n) is 16.3. The maximum Gasteiger partial charge on any atom is 0.119 e. The molecule has 5 heterocycles. The number of benzene rings is 4. The SMILES string of the molecule is SCCCOc1cccc(-c2c3nc(c(-c4cccc(OCCCS)c4)c4ccc([nH]4)c(-c4cccc(OCCCS)c4)c4ccc([nH]4)c(-c4cccc(OCCCS)c4)c4nc2C=C4)C=C3)c1. The topological polar surface area (TPSA) is 94.3 Å². The molecule has 2 N–H and O–H groups in total. The van der Waals surface area contributed by atoms with E-state index in [4.69, 9.17) is 28.9 Å². The molecule has 3 aromatic heterocycles. The van der Waals surface area contributed by atoms with Gasteiger partial charge in [0.05, 0.1) is 49.2 Å². The van der Waals surface area contributed by atoms with E-state index in [0.717, 1.165) is 161 Å². The fraction of sp³-hybridized carbons (Fsp3) is 0.214. The first-order chi connectivity index (χ1) is 33.5. The molecule has 0 saturated carbocycles. The van der Waals surface area contributed by atoms with Gasteiger partial charge in [0, 0.05) is 44.3 Å². The normalized spacial score (nSPS) is 11.8. The molecular weight excluding hydrogens is 921 g/mol. The Hall–Kier alpha value is -5.92. The molecule has 0 atom stereocenters. The van der Waals surface area contributed by atoms with Crippen molar-refractivity contribution >= 4 is 96.9 Å². The van der Waals surface area contributed by atoms with Crippen LogP contribution < -0.4 is 18.9 Å². The van der Waals surface area contributed by atoms with Crippen molar-refractivity contribution in [2.45, 2.75) is 25.7 Å². The number of aromatic nitrogens is 4. The fourth-order valence-corrected chi connectivity index (χ4v) is 8.92. The maximum atomic E-state index is 6.24. The van der Waals surface area contributed by atoms with Crippen molar-refractivity contribution in [3.63, 3.8) is 0 Å². The summed E-state index contributed by atoms with van der Waals surface area (Å²) in [4.78, 5) is 18.7. The third-order valence-corrected chi connectivity index (χ3v) is 12.8. The van der Waals surface area contributed by atoms with Crippen molar-refractivity contribution in [3.05, 3.63) is 144 Å². The van der Waals surface area contributed by atoms with Crippen LogP contribution in [0.3, 0.4) is 0 Å². The molecule has 0 radical (unpaired) electrons. The van der Waals surface area contributed by atoms with Gasteiger partial charge in [0.15, 0.2) is 0 Å². The zero-order valence-electron chi connectivity index (χ0n) is 37.7. The number of nitrogens with one attached hydrogen (secondary N) is 2. The number of ether oxygens (including phenoxy) is 4. The highest BCUT2D eigenvalue weighted by molar-refractivity contribution is 7.80. The Morgan fingerprint density at radius 1 is 0.338 bits per heavy atom. The largest absolute Gasteiger partial charge is 0.494 e. The number of H-pyrrole nitrogens is 2. The van der Waals surface area contributed by atoms with Gasteiger partial charge in [-0.2, -0.15) is 50.5 Å². The van der Waals surface area contributed by atoms with Crippen molar-refractivity contribution in [2.24, 2.45) is 0 Å². The van der Waals surface area contributed by atoms with Gasteiger partial charge in [0.25, 0.3) is 0 Å². The van der Waals surface area contributed by atoms with Crippen molar-refractivity contribution in [1.29, 1.82) is 0 Å². The molecule has 9 rings (SSSR count). The smallest absolute Gasteiger partial charge is 0.119 e. The van der Waals surface area contributed by atoms with Gasteiger partial charge in [-0.1, -0.05) is 48.5 Å².